The fraction of sp³-hybridized carbons (Fsp3) is 0.0800. The van der Waals surface area contributed by atoms with Crippen molar-refractivity contribution in [2.45, 2.75) is 13.8 Å². The molecule has 0 aromatic heterocycles. The minimum Gasteiger partial charge on any atom is -0.350 e. The molecule has 160 valence electrons. The van der Waals surface area contributed by atoms with Crippen LogP contribution in [-0.4, -0.2) is 17.7 Å². The first-order valence-corrected chi connectivity index (χ1v) is 9.94. The Morgan fingerprint density at radius 3 is 2.19 bits per heavy atom. The van der Waals surface area contributed by atoms with Crippen molar-refractivity contribution in [3.63, 3.8) is 0 Å². The summed E-state index contributed by atoms with van der Waals surface area (Å²) in [5.41, 5.74) is 3.24. The van der Waals surface area contributed by atoms with E-state index >= 15 is 0 Å². The van der Waals surface area contributed by atoms with Crippen molar-refractivity contribution in [3.05, 3.63) is 95.4 Å². The molecule has 7 heteroatoms. The zero-order chi connectivity index (χ0) is 22.8. The predicted octanol–water partition coefficient (Wildman–Crippen LogP) is 4.49. The van der Waals surface area contributed by atoms with Crippen molar-refractivity contribution in [1.29, 1.82) is 0 Å². The van der Waals surface area contributed by atoms with Crippen LogP contribution in [0.4, 0.5) is 21.5 Å². The van der Waals surface area contributed by atoms with E-state index in [0.717, 1.165) is 10.5 Å². The van der Waals surface area contributed by atoms with Gasteiger partial charge in [0.2, 0.25) is 5.91 Å². The zero-order valence-electron chi connectivity index (χ0n) is 17.5. The van der Waals surface area contributed by atoms with Crippen LogP contribution >= 0.6 is 0 Å². The number of nitrogens with one attached hydrogen (secondary N) is 2. The standard InChI is InChI=1S/C25H20FN3O3/c1-15-4-3-5-20(14-15)28-23-22(17-6-8-18(26)9-7-17)24(31)29(25(23)32)21-12-10-19(11-13-21)27-16(2)30/h3-14,28H,1-2H3,(H,27,30). The summed E-state index contributed by atoms with van der Waals surface area (Å²) in [6, 6.07) is 19.2. The molecule has 1 heterocycles. The monoisotopic (exact) mass is 429 g/mol. The van der Waals surface area contributed by atoms with Crippen LogP contribution in [0.3, 0.4) is 0 Å². The average molecular weight is 429 g/mol. The Hall–Kier alpha value is -4.26. The average Bonchev–Trinajstić information content (AvgIpc) is 2.99. The molecule has 0 saturated heterocycles. The van der Waals surface area contributed by atoms with Gasteiger partial charge in [0.05, 0.1) is 11.3 Å². The van der Waals surface area contributed by atoms with Crippen LogP contribution < -0.4 is 15.5 Å². The van der Waals surface area contributed by atoms with Gasteiger partial charge in [-0.3, -0.25) is 14.4 Å². The summed E-state index contributed by atoms with van der Waals surface area (Å²) in [6.07, 6.45) is 0. The molecular formula is C25H20FN3O3. The van der Waals surface area contributed by atoms with E-state index in [4.69, 9.17) is 0 Å². The number of hydrogen-bond donors (Lipinski definition) is 2. The summed E-state index contributed by atoms with van der Waals surface area (Å²) in [6.45, 7) is 3.31. The van der Waals surface area contributed by atoms with Crippen molar-refractivity contribution in [2.24, 2.45) is 0 Å². The van der Waals surface area contributed by atoms with Crippen molar-refractivity contribution >= 4 is 40.4 Å². The molecule has 0 fully saturated rings. The van der Waals surface area contributed by atoms with Crippen LogP contribution in [0.1, 0.15) is 18.1 Å². The number of imide groups is 1. The summed E-state index contributed by atoms with van der Waals surface area (Å²) in [5.74, 6) is -1.71. The quantitative estimate of drug-likeness (QED) is 0.586. The first-order valence-electron chi connectivity index (χ1n) is 9.94. The maximum absolute atomic E-state index is 13.5. The summed E-state index contributed by atoms with van der Waals surface area (Å²) in [7, 11) is 0. The summed E-state index contributed by atoms with van der Waals surface area (Å²) >= 11 is 0. The van der Waals surface area contributed by atoms with Gasteiger partial charge in [0.1, 0.15) is 11.5 Å². The molecule has 4 rings (SSSR count). The number of halogens is 1. The largest absolute Gasteiger partial charge is 0.350 e. The number of carbonyl (C=O) groups excluding carboxylic acids is 3. The van der Waals surface area contributed by atoms with E-state index in [-0.39, 0.29) is 17.2 Å². The Morgan fingerprint density at radius 2 is 1.56 bits per heavy atom. The molecule has 0 radical (unpaired) electrons. The van der Waals surface area contributed by atoms with Gasteiger partial charge < -0.3 is 10.6 Å². The number of nitrogens with zero attached hydrogens (tertiary/aromatic N) is 1. The van der Waals surface area contributed by atoms with Crippen LogP contribution in [0.5, 0.6) is 0 Å². The molecule has 6 nitrogen and oxygen atoms in total. The lowest BCUT2D eigenvalue weighted by atomic mass is 10.0. The lowest BCUT2D eigenvalue weighted by Crippen LogP contribution is -2.32. The lowest BCUT2D eigenvalue weighted by molar-refractivity contribution is -0.120. The highest BCUT2D eigenvalue weighted by molar-refractivity contribution is 6.46. The van der Waals surface area contributed by atoms with E-state index in [2.05, 4.69) is 10.6 Å². The topological polar surface area (TPSA) is 78.5 Å². The summed E-state index contributed by atoms with van der Waals surface area (Å²) in [5, 5.41) is 5.73. The molecule has 0 atom stereocenters. The van der Waals surface area contributed by atoms with Crippen LogP contribution in [0.15, 0.2) is 78.5 Å². The minimum absolute atomic E-state index is 0.109. The molecule has 1 aliphatic heterocycles. The van der Waals surface area contributed by atoms with E-state index < -0.39 is 17.6 Å². The molecule has 1 aliphatic rings. The Labute approximate surface area is 184 Å². The van der Waals surface area contributed by atoms with Crippen LogP contribution in [0, 0.1) is 12.7 Å². The maximum Gasteiger partial charge on any atom is 0.282 e. The molecule has 3 amide bonds. The Bertz CT molecular complexity index is 1250. The van der Waals surface area contributed by atoms with Gasteiger partial charge in [0.25, 0.3) is 11.8 Å². The van der Waals surface area contributed by atoms with Crippen LogP contribution in [0.25, 0.3) is 5.57 Å². The van der Waals surface area contributed by atoms with Gasteiger partial charge in [-0.15, -0.1) is 0 Å². The second-order valence-corrected chi connectivity index (χ2v) is 7.43. The molecule has 0 bridgehead atoms. The third kappa shape index (κ3) is 4.13. The normalized spacial score (nSPS) is 13.5. The van der Waals surface area contributed by atoms with E-state index in [1.165, 1.54) is 31.2 Å². The summed E-state index contributed by atoms with van der Waals surface area (Å²) in [4.78, 5) is 39.1. The zero-order valence-corrected chi connectivity index (χ0v) is 17.5. The first-order chi connectivity index (χ1) is 15.3. The van der Waals surface area contributed by atoms with E-state index in [1.54, 1.807) is 30.3 Å². The van der Waals surface area contributed by atoms with Crippen molar-refractivity contribution < 1.29 is 18.8 Å². The van der Waals surface area contributed by atoms with Crippen molar-refractivity contribution in [3.8, 4) is 0 Å². The predicted molar refractivity (Wildman–Crippen MR) is 121 cm³/mol. The fourth-order valence-corrected chi connectivity index (χ4v) is 3.53. The molecule has 3 aromatic carbocycles. The highest BCUT2D eigenvalue weighted by Gasteiger charge is 2.40. The smallest absolute Gasteiger partial charge is 0.282 e. The van der Waals surface area contributed by atoms with Gasteiger partial charge in [-0.25, -0.2) is 9.29 Å². The molecule has 2 N–H and O–H groups in total. The number of hydrogen-bond acceptors (Lipinski definition) is 4. The second kappa shape index (κ2) is 8.47. The Balaban J connectivity index is 1.75. The number of rotatable bonds is 5. The van der Waals surface area contributed by atoms with E-state index in [0.29, 0.717) is 22.6 Å². The van der Waals surface area contributed by atoms with Gasteiger partial charge in [0, 0.05) is 18.3 Å². The molecule has 0 unspecified atom stereocenters. The number of amides is 3. The van der Waals surface area contributed by atoms with Crippen LogP contribution in [0.2, 0.25) is 0 Å². The van der Waals surface area contributed by atoms with Gasteiger partial charge in [-0.05, 0) is 66.6 Å². The lowest BCUT2D eigenvalue weighted by Gasteiger charge is -2.16. The highest BCUT2D eigenvalue weighted by Crippen LogP contribution is 2.34. The molecule has 0 saturated carbocycles. The number of aryl methyl sites for hydroxylation is 1. The molecule has 3 aromatic rings. The number of anilines is 3. The SMILES string of the molecule is CC(=O)Nc1ccc(N2C(=O)C(Nc3cccc(C)c3)=C(c3ccc(F)cc3)C2=O)cc1. The minimum atomic E-state index is -0.525. The molecule has 32 heavy (non-hydrogen) atoms. The molecule has 0 spiro atoms. The van der Waals surface area contributed by atoms with Crippen molar-refractivity contribution in [2.75, 3.05) is 15.5 Å². The van der Waals surface area contributed by atoms with Crippen LogP contribution in [-0.2, 0) is 14.4 Å². The summed E-state index contributed by atoms with van der Waals surface area (Å²) < 4.78 is 13.5. The van der Waals surface area contributed by atoms with E-state index in [9.17, 15) is 18.8 Å². The first kappa shape index (κ1) is 21.0. The van der Waals surface area contributed by atoms with Crippen molar-refractivity contribution in [1.82, 2.24) is 0 Å². The molecule has 0 aliphatic carbocycles. The fourth-order valence-electron chi connectivity index (χ4n) is 3.53. The third-order valence-corrected chi connectivity index (χ3v) is 4.95. The Kier molecular flexibility index (Phi) is 5.55. The maximum atomic E-state index is 13.5. The number of benzene rings is 3. The molecular weight excluding hydrogens is 409 g/mol. The van der Waals surface area contributed by atoms with Gasteiger partial charge >= 0.3 is 0 Å². The Morgan fingerprint density at radius 1 is 0.875 bits per heavy atom. The van der Waals surface area contributed by atoms with E-state index in [1.807, 2.05) is 25.1 Å². The van der Waals surface area contributed by atoms with Gasteiger partial charge in [-0.1, -0.05) is 24.3 Å². The van der Waals surface area contributed by atoms with Gasteiger partial charge in [0.15, 0.2) is 0 Å². The third-order valence-electron chi connectivity index (χ3n) is 4.95. The van der Waals surface area contributed by atoms with Gasteiger partial charge in [-0.2, -0.15) is 0 Å². The number of carbonyl (C=O) groups is 3. The highest BCUT2D eigenvalue weighted by atomic mass is 19.1. The second-order valence-electron chi connectivity index (χ2n) is 7.43.